The Morgan fingerprint density at radius 3 is 1.52 bits per heavy atom. The molecule has 2 N–H and O–H groups in total. The van der Waals surface area contributed by atoms with Gasteiger partial charge in [-0.2, -0.15) is 15.0 Å². The monoisotopic (exact) mass is 358 g/mol. The molecule has 0 fully saturated rings. The molecule has 12 nitrogen and oxygen atoms in total. The van der Waals surface area contributed by atoms with Gasteiger partial charge in [0.15, 0.2) is 0 Å². The van der Waals surface area contributed by atoms with E-state index in [2.05, 4.69) is 15.0 Å². The third kappa shape index (κ3) is 6.35. The zero-order valence-electron chi connectivity index (χ0n) is 14.5. The van der Waals surface area contributed by atoms with E-state index in [1.807, 2.05) is 0 Å². The van der Waals surface area contributed by atoms with Crippen molar-refractivity contribution in [1.82, 2.24) is 15.0 Å². The Balaban J connectivity index is 3.21. The van der Waals surface area contributed by atoms with Crippen molar-refractivity contribution in [3.8, 4) is 0 Å². The standard InChI is InChI=1S/C13H22N6O6/c1-5-24-9(20)7-19(8-10(21)25-6-2)13-15-11(17(3)22)14-12(16-13)18(4)23/h22-23H,5-8H2,1-4H3. The summed E-state index contributed by atoms with van der Waals surface area (Å²) in [4.78, 5) is 36.5. The molecule has 140 valence electrons. The van der Waals surface area contributed by atoms with Gasteiger partial charge in [0.25, 0.3) is 11.9 Å². The fourth-order valence-electron chi connectivity index (χ4n) is 1.70. The maximum Gasteiger partial charge on any atom is 0.325 e. The predicted molar refractivity (Wildman–Crippen MR) is 85.7 cm³/mol. The van der Waals surface area contributed by atoms with Crippen molar-refractivity contribution < 1.29 is 29.5 Å². The van der Waals surface area contributed by atoms with Crippen LogP contribution in [0.1, 0.15) is 13.8 Å². The Morgan fingerprint density at radius 2 is 1.20 bits per heavy atom. The molecule has 0 spiro atoms. The molecule has 0 atom stereocenters. The maximum atomic E-state index is 11.8. The molecule has 1 rings (SSSR count). The first kappa shape index (κ1) is 20.3. The zero-order chi connectivity index (χ0) is 19.0. The molecular weight excluding hydrogens is 336 g/mol. The van der Waals surface area contributed by atoms with Gasteiger partial charge in [-0.3, -0.25) is 20.0 Å². The topological polar surface area (TPSA) is 141 Å². The van der Waals surface area contributed by atoms with E-state index in [1.54, 1.807) is 13.8 Å². The van der Waals surface area contributed by atoms with E-state index < -0.39 is 11.9 Å². The number of hydrogen-bond acceptors (Lipinski definition) is 12. The minimum atomic E-state index is -0.606. The lowest BCUT2D eigenvalue weighted by molar-refractivity contribution is -0.142. The van der Waals surface area contributed by atoms with Crippen LogP contribution in [-0.2, 0) is 19.1 Å². The van der Waals surface area contributed by atoms with Gasteiger partial charge in [-0.15, -0.1) is 0 Å². The van der Waals surface area contributed by atoms with Crippen molar-refractivity contribution in [2.45, 2.75) is 13.8 Å². The number of ether oxygens (including phenoxy) is 2. The Bertz CT molecular complexity index is 550. The number of aromatic nitrogens is 3. The fourth-order valence-corrected chi connectivity index (χ4v) is 1.70. The van der Waals surface area contributed by atoms with Crippen molar-refractivity contribution in [3.63, 3.8) is 0 Å². The minimum Gasteiger partial charge on any atom is -0.465 e. The molecule has 0 saturated carbocycles. The van der Waals surface area contributed by atoms with E-state index in [4.69, 9.17) is 9.47 Å². The van der Waals surface area contributed by atoms with Gasteiger partial charge in [0.05, 0.1) is 13.2 Å². The molecule has 25 heavy (non-hydrogen) atoms. The first-order valence-corrected chi connectivity index (χ1v) is 7.45. The lowest BCUT2D eigenvalue weighted by Crippen LogP contribution is -2.38. The number of carbonyl (C=O) groups excluding carboxylic acids is 2. The third-order valence-corrected chi connectivity index (χ3v) is 2.71. The highest BCUT2D eigenvalue weighted by atomic mass is 16.5. The largest absolute Gasteiger partial charge is 0.465 e. The number of rotatable bonds is 9. The second kappa shape index (κ2) is 9.54. The van der Waals surface area contributed by atoms with Gasteiger partial charge in [-0.25, -0.2) is 10.1 Å². The minimum absolute atomic E-state index is 0.122. The highest BCUT2D eigenvalue weighted by Gasteiger charge is 2.22. The lowest BCUT2D eigenvalue weighted by Gasteiger charge is -2.22. The second-order valence-electron chi connectivity index (χ2n) is 4.75. The highest BCUT2D eigenvalue weighted by molar-refractivity contribution is 5.80. The summed E-state index contributed by atoms with van der Waals surface area (Å²) in [5, 5.41) is 20.3. The van der Waals surface area contributed by atoms with Crippen LogP contribution in [0.3, 0.4) is 0 Å². The average Bonchev–Trinajstić information content (AvgIpc) is 2.54. The van der Waals surface area contributed by atoms with Gasteiger partial charge in [-0.05, 0) is 13.8 Å². The van der Waals surface area contributed by atoms with Gasteiger partial charge in [0.2, 0.25) is 5.95 Å². The Labute approximate surface area is 144 Å². The van der Waals surface area contributed by atoms with Crippen LogP contribution in [0.15, 0.2) is 0 Å². The summed E-state index contributed by atoms with van der Waals surface area (Å²) in [6.07, 6.45) is 0. The second-order valence-corrected chi connectivity index (χ2v) is 4.75. The van der Waals surface area contributed by atoms with Crippen LogP contribution in [0.5, 0.6) is 0 Å². The lowest BCUT2D eigenvalue weighted by atomic mass is 10.5. The van der Waals surface area contributed by atoms with Crippen LogP contribution in [-0.4, -0.2) is 77.7 Å². The summed E-state index contributed by atoms with van der Waals surface area (Å²) in [6.45, 7) is 2.96. The fraction of sp³-hybridized carbons (Fsp3) is 0.615. The van der Waals surface area contributed by atoms with E-state index in [1.165, 1.54) is 19.0 Å². The molecule has 0 aliphatic heterocycles. The Morgan fingerprint density at radius 1 is 0.840 bits per heavy atom. The van der Waals surface area contributed by atoms with Crippen molar-refractivity contribution in [2.24, 2.45) is 0 Å². The summed E-state index contributed by atoms with van der Waals surface area (Å²) < 4.78 is 9.73. The molecule has 1 heterocycles. The van der Waals surface area contributed by atoms with Crippen LogP contribution >= 0.6 is 0 Å². The van der Waals surface area contributed by atoms with Crippen LogP contribution < -0.4 is 15.0 Å². The van der Waals surface area contributed by atoms with Gasteiger partial charge >= 0.3 is 11.9 Å². The summed E-state index contributed by atoms with van der Waals surface area (Å²) >= 11 is 0. The van der Waals surface area contributed by atoms with Crippen LogP contribution in [0.25, 0.3) is 0 Å². The first-order valence-electron chi connectivity index (χ1n) is 7.45. The smallest absolute Gasteiger partial charge is 0.325 e. The van der Waals surface area contributed by atoms with E-state index in [-0.39, 0.29) is 44.1 Å². The van der Waals surface area contributed by atoms with Gasteiger partial charge in [-0.1, -0.05) is 0 Å². The zero-order valence-corrected chi connectivity index (χ0v) is 14.5. The summed E-state index contributed by atoms with van der Waals surface area (Å²) in [5.74, 6) is -1.73. The predicted octanol–water partition coefficient (Wildman–Crippen LogP) is -0.545. The molecule has 0 radical (unpaired) electrons. The quantitative estimate of drug-likeness (QED) is 0.432. The molecule has 0 saturated heterocycles. The van der Waals surface area contributed by atoms with Crippen molar-refractivity contribution in [3.05, 3.63) is 0 Å². The Hall–Kier alpha value is -2.73. The third-order valence-electron chi connectivity index (χ3n) is 2.71. The van der Waals surface area contributed by atoms with Crippen molar-refractivity contribution >= 4 is 29.8 Å². The Kier molecular flexibility index (Phi) is 7.75. The SMILES string of the molecule is CCOC(=O)CN(CC(=O)OCC)c1nc(N(C)O)nc(N(C)O)n1. The molecule has 0 amide bonds. The van der Waals surface area contributed by atoms with E-state index in [0.717, 1.165) is 0 Å². The molecule has 0 aromatic carbocycles. The van der Waals surface area contributed by atoms with E-state index in [0.29, 0.717) is 10.1 Å². The van der Waals surface area contributed by atoms with Gasteiger partial charge in [0.1, 0.15) is 13.1 Å². The number of carbonyl (C=O) groups is 2. The molecule has 1 aromatic rings. The van der Waals surface area contributed by atoms with Gasteiger partial charge in [0, 0.05) is 14.1 Å². The normalized spacial score (nSPS) is 10.2. The average molecular weight is 358 g/mol. The molecule has 0 aliphatic carbocycles. The number of nitrogens with zero attached hydrogens (tertiary/aromatic N) is 6. The summed E-state index contributed by atoms with van der Waals surface area (Å²) in [5.41, 5.74) is 0. The first-order chi connectivity index (χ1) is 11.8. The molecular formula is C13H22N6O6. The van der Waals surface area contributed by atoms with E-state index in [9.17, 15) is 20.0 Å². The maximum absolute atomic E-state index is 11.8. The van der Waals surface area contributed by atoms with E-state index >= 15 is 0 Å². The van der Waals surface area contributed by atoms with Gasteiger partial charge < -0.3 is 14.4 Å². The molecule has 1 aromatic heterocycles. The summed E-state index contributed by atoms with van der Waals surface area (Å²) in [6, 6.07) is 0. The van der Waals surface area contributed by atoms with Crippen molar-refractivity contribution in [2.75, 3.05) is 55.4 Å². The number of esters is 2. The highest BCUT2D eigenvalue weighted by Crippen LogP contribution is 2.16. The van der Waals surface area contributed by atoms with Crippen LogP contribution in [0.4, 0.5) is 17.8 Å². The molecule has 0 bridgehead atoms. The van der Waals surface area contributed by atoms with Crippen molar-refractivity contribution in [1.29, 1.82) is 0 Å². The van der Waals surface area contributed by atoms with Crippen LogP contribution in [0, 0.1) is 0 Å². The number of anilines is 3. The molecule has 0 unspecified atom stereocenters. The van der Waals surface area contributed by atoms with Crippen LogP contribution in [0.2, 0.25) is 0 Å². The summed E-state index contributed by atoms with van der Waals surface area (Å²) in [7, 11) is 2.53. The number of hydrogen-bond donors (Lipinski definition) is 2. The molecule has 12 heteroatoms. The molecule has 0 aliphatic rings. The number of hydroxylamine groups is 2.